The highest BCUT2D eigenvalue weighted by atomic mass is 16.5. The minimum atomic E-state index is -0.991. The van der Waals surface area contributed by atoms with E-state index >= 15 is 0 Å². The van der Waals surface area contributed by atoms with Gasteiger partial charge in [-0.2, -0.15) is 0 Å². The summed E-state index contributed by atoms with van der Waals surface area (Å²) in [6, 6.07) is 8.77. The maximum absolute atomic E-state index is 11.3. The first-order chi connectivity index (χ1) is 18.7. The Morgan fingerprint density at radius 3 is 2.28 bits per heavy atom. The number of methoxy groups -OCH3 is 3. The molecule has 8 nitrogen and oxygen atoms in total. The topological polar surface area (TPSA) is 118 Å². The second kappa shape index (κ2) is 10.4. The van der Waals surface area contributed by atoms with Gasteiger partial charge in [0.1, 0.15) is 17.2 Å². The lowest BCUT2D eigenvalue weighted by atomic mass is 9.73. The van der Waals surface area contributed by atoms with E-state index in [1.54, 1.807) is 13.2 Å². The highest BCUT2D eigenvalue weighted by Crippen LogP contribution is 2.54. The summed E-state index contributed by atoms with van der Waals surface area (Å²) >= 11 is 0. The summed E-state index contributed by atoms with van der Waals surface area (Å²) in [5.74, 6) is 1.47. The fourth-order valence-electron chi connectivity index (χ4n) is 6.00. The van der Waals surface area contributed by atoms with E-state index in [0.717, 1.165) is 47.1 Å². The molecule has 3 aromatic carbocycles. The summed E-state index contributed by atoms with van der Waals surface area (Å²) in [5, 5.41) is 42.9. The Morgan fingerprint density at radius 2 is 1.62 bits per heavy atom. The minimum absolute atomic E-state index is 0.0946. The SMILES string of the molecule is COc1cc(C2Oc3cc(OC)c4c(c3CC2O)CC(CCC(C)C)c2cc(O)ccc2-4)c(O)c(OC)c1O. The van der Waals surface area contributed by atoms with Gasteiger partial charge in [0.05, 0.1) is 27.4 Å². The first kappa shape index (κ1) is 26.8. The van der Waals surface area contributed by atoms with E-state index in [4.69, 9.17) is 18.9 Å². The molecule has 5 rings (SSSR count). The first-order valence-corrected chi connectivity index (χ1v) is 13.3. The van der Waals surface area contributed by atoms with Crippen molar-refractivity contribution in [2.75, 3.05) is 21.3 Å². The van der Waals surface area contributed by atoms with Crippen LogP contribution in [0, 0.1) is 5.92 Å². The van der Waals surface area contributed by atoms with E-state index in [2.05, 4.69) is 13.8 Å². The van der Waals surface area contributed by atoms with Crippen molar-refractivity contribution in [2.45, 2.75) is 57.7 Å². The van der Waals surface area contributed by atoms with Crippen LogP contribution in [0.25, 0.3) is 11.1 Å². The smallest absolute Gasteiger partial charge is 0.207 e. The van der Waals surface area contributed by atoms with Crippen LogP contribution < -0.4 is 18.9 Å². The Labute approximate surface area is 228 Å². The lowest BCUT2D eigenvalue weighted by Crippen LogP contribution is -2.32. The fraction of sp³-hybridized carbons (Fsp3) is 0.419. The van der Waals surface area contributed by atoms with Gasteiger partial charge in [0.15, 0.2) is 17.6 Å². The molecule has 1 heterocycles. The second-order valence-electron chi connectivity index (χ2n) is 10.8. The van der Waals surface area contributed by atoms with Crippen LogP contribution in [-0.4, -0.2) is 47.9 Å². The zero-order chi connectivity index (χ0) is 28.0. The van der Waals surface area contributed by atoms with Gasteiger partial charge in [0.2, 0.25) is 11.5 Å². The van der Waals surface area contributed by atoms with Crippen LogP contribution in [0.4, 0.5) is 0 Å². The zero-order valence-electron chi connectivity index (χ0n) is 22.9. The van der Waals surface area contributed by atoms with Crippen LogP contribution in [-0.2, 0) is 12.8 Å². The van der Waals surface area contributed by atoms with Gasteiger partial charge in [0, 0.05) is 29.2 Å². The summed E-state index contributed by atoms with van der Waals surface area (Å²) < 4.78 is 22.7. The summed E-state index contributed by atoms with van der Waals surface area (Å²) in [7, 11) is 4.34. The average molecular weight is 537 g/mol. The molecule has 2 aliphatic rings. The molecule has 0 saturated heterocycles. The van der Waals surface area contributed by atoms with Crippen molar-refractivity contribution in [1.29, 1.82) is 0 Å². The van der Waals surface area contributed by atoms with E-state index in [-0.39, 0.29) is 40.2 Å². The monoisotopic (exact) mass is 536 g/mol. The molecule has 0 aromatic heterocycles. The van der Waals surface area contributed by atoms with E-state index in [0.29, 0.717) is 23.8 Å². The Morgan fingerprint density at radius 1 is 0.872 bits per heavy atom. The van der Waals surface area contributed by atoms with Crippen LogP contribution in [0.3, 0.4) is 0 Å². The predicted octanol–water partition coefficient (Wildman–Crippen LogP) is 5.61. The number of aliphatic hydroxyl groups is 1. The van der Waals surface area contributed by atoms with Crippen LogP contribution in [0.2, 0.25) is 0 Å². The Kier molecular flexibility index (Phi) is 7.16. The largest absolute Gasteiger partial charge is 0.508 e. The zero-order valence-corrected chi connectivity index (χ0v) is 22.9. The van der Waals surface area contributed by atoms with Crippen molar-refractivity contribution in [3.63, 3.8) is 0 Å². The van der Waals surface area contributed by atoms with E-state index in [9.17, 15) is 20.4 Å². The summed E-state index contributed by atoms with van der Waals surface area (Å²) in [6.07, 6.45) is 1.11. The van der Waals surface area contributed by atoms with E-state index < -0.39 is 12.2 Å². The van der Waals surface area contributed by atoms with Gasteiger partial charge in [-0.15, -0.1) is 0 Å². The van der Waals surface area contributed by atoms with Gasteiger partial charge in [-0.05, 0) is 59.6 Å². The van der Waals surface area contributed by atoms with Crippen molar-refractivity contribution in [3.8, 4) is 51.4 Å². The third-order valence-electron chi connectivity index (χ3n) is 7.95. The summed E-state index contributed by atoms with van der Waals surface area (Å²) in [4.78, 5) is 0. The molecule has 0 bridgehead atoms. The number of hydrogen-bond donors (Lipinski definition) is 4. The van der Waals surface area contributed by atoms with E-state index in [1.807, 2.05) is 18.2 Å². The molecule has 3 unspecified atom stereocenters. The second-order valence-corrected chi connectivity index (χ2v) is 10.8. The van der Waals surface area contributed by atoms with Gasteiger partial charge >= 0.3 is 0 Å². The highest BCUT2D eigenvalue weighted by molar-refractivity contribution is 5.82. The van der Waals surface area contributed by atoms with Crippen LogP contribution in [0.1, 0.15) is 61.0 Å². The molecule has 0 spiro atoms. The molecule has 0 fully saturated rings. The van der Waals surface area contributed by atoms with Crippen LogP contribution >= 0.6 is 0 Å². The summed E-state index contributed by atoms with van der Waals surface area (Å²) in [6.45, 7) is 4.41. The predicted molar refractivity (Wildman–Crippen MR) is 147 cm³/mol. The number of phenols is 3. The fourth-order valence-corrected chi connectivity index (χ4v) is 6.00. The molecular weight excluding hydrogens is 500 g/mol. The standard InChI is InChI=1S/C31H36O8/c1-15(2)6-7-16-10-21-20-12-23(33)30(22-13-26(37-4)29(35)31(38-5)28(22)34)39-24(20)14-25(36-3)27(21)18-9-8-17(32)11-19(16)18/h8-9,11,13-16,23,30,32-35H,6-7,10,12H2,1-5H3. The van der Waals surface area contributed by atoms with Gasteiger partial charge in [-0.1, -0.05) is 26.3 Å². The van der Waals surface area contributed by atoms with E-state index in [1.165, 1.54) is 20.3 Å². The molecule has 208 valence electrons. The van der Waals surface area contributed by atoms with Gasteiger partial charge in [0.25, 0.3) is 0 Å². The Hall–Kier alpha value is -3.78. The van der Waals surface area contributed by atoms with Crippen LogP contribution in [0.5, 0.6) is 40.2 Å². The summed E-state index contributed by atoms with van der Waals surface area (Å²) in [5.41, 5.74) is 5.29. The van der Waals surface area contributed by atoms with Crippen molar-refractivity contribution in [1.82, 2.24) is 0 Å². The van der Waals surface area contributed by atoms with Gasteiger partial charge in [-0.3, -0.25) is 0 Å². The van der Waals surface area contributed by atoms with Crippen molar-refractivity contribution in [2.24, 2.45) is 5.92 Å². The quantitative estimate of drug-likeness (QED) is 0.308. The minimum Gasteiger partial charge on any atom is -0.508 e. The Bertz CT molecular complexity index is 1400. The lowest BCUT2D eigenvalue weighted by molar-refractivity contribution is 0.0187. The molecule has 0 amide bonds. The molecule has 1 aliphatic heterocycles. The number of ether oxygens (including phenoxy) is 4. The first-order valence-electron chi connectivity index (χ1n) is 13.3. The lowest BCUT2D eigenvalue weighted by Gasteiger charge is -2.37. The number of rotatable bonds is 7. The highest BCUT2D eigenvalue weighted by Gasteiger charge is 2.39. The molecule has 4 N–H and O–H groups in total. The normalized spacial score (nSPS) is 19.5. The van der Waals surface area contributed by atoms with Gasteiger partial charge < -0.3 is 39.4 Å². The molecule has 3 atom stereocenters. The molecular formula is C31H36O8. The molecule has 1 aliphatic carbocycles. The molecule has 0 radical (unpaired) electrons. The van der Waals surface area contributed by atoms with Crippen molar-refractivity contribution < 1.29 is 39.4 Å². The maximum Gasteiger partial charge on any atom is 0.207 e. The van der Waals surface area contributed by atoms with Crippen LogP contribution in [0.15, 0.2) is 30.3 Å². The van der Waals surface area contributed by atoms with Crippen molar-refractivity contribution in [3.05, 3.63) is 52.6 Å². The maximum atomic E-state index is 11.3. The number of fused-ring (bicyclic) bond motifs is 5. The molecule has 8 heteroatoms. The number of aliphatic hydroxyl groups excluding tert-OH is 1. The molecule has 3 aromatic rings. The third-order valence-corrected chi connectivity index (χ3v) is 7.95. The average Bonchev–Trinajstić information content (AvgIpc) is 2.91. The number of aromatic hydroxyl groups is 3. The number of hydrogen-bond acceptors (Lipinski definition) is 8. The molecule has 0 saturated carbocycles. The third kappa shape index (κ3) is 4.56. The molecule has 39 heavy (non-hydrogen) atoms. The number of benzene rings is 3. The Balaban J connectivity index is 1.63. The van der Waals surface area contributed by atoms with Gasteiger partial charge in [-0.25, -0.2) is 0 Å². The van der Waals surface area contributed by atoms with Crippen molar-refractivity contribution >= 4 is 0 Å². The number of phenolic OH excluding ortho intramolecular Hbond substituents is 3.